The highest BCUT2D eigenvalue weighted by Crippen LogP contribution is 2.30. The number of amides is 1. The molecule has 0 aliphatic carbocycles. The van der Waals surface area contributed by atoms with E-state index >= 15 is 0 Å². The van der Waals surface area contributed by atoms with Crippen molar-refractivity contribution in [2.45, 2.75) is 25.8 Å². The van der Waals surface area contributed by atoms with Crippen molar-refractivity contribution in [1.82, 2.24) is 15.0 Å². The Balaban J connectivity index is 1.47. The van der Waals surface area contributed by atoms with E-state index in [9.17, 15) is 9.18 Å². The Labute approximate surface area is 161 Å². The highest BCUT2D eigenvalue weighted by Gasteiger charge is 2.34. The number of carbonyl (C=O) groups excluding carboxylic acids is 1. The van der Waals surface area contributed by atoms with Crippen LogP contribution in [0.2, 0.25) is 0 Å². The molecule has 7 heteroatoms. The highest BCUT2D eigenvalue weighted by atomic mass is 19.1. The molecule has 1 amide bonds. The van der Waals surface area contributed by atoms with Gasteiger partial charge in [-0.25, -0.2) is 4.39 Å². The first-order chi connectivity index (χ1) is 13.6. The first-order valence-corrected chi connectivity index (χ1v) is 9.22. The summed E-state index contributed by atoms with van der Waals surface area (Å²) in [5.41, 5.74) is 1.26. The van der Waals surface area contributed by atoms with Gasteiger partial charge in [-0.3, -0.25) is 4.79 Å². The van der Waals surface area contributed by atoms with Crippen LogP contribution in [0.5, 0.6) is 5.75 Å². The maximum atomic E-state index is 13.9. The largest absolute Gasteiger partial charge is 0.494 e. The van der Waals surface area contributed by atoms with E-state index in [1.165, 1.54) is 6.07 Å². The summed E-state index contributed by atoms with van der Waals surface area (Å²) in [6.07, 6.45) is 0.307. The van der Waals surface area contributed by atoms with Crippen LogP contribution in [-0.2, 0) is 11.3 Å². The van der Waals surface area contributed by atoms with Gasteiger partial charge in [0.25, 0.3) is 5.89 Å². The molecule has 0 spiro atoms. The topological polar surface area (TPSA) is 68.5 Å². The lowest BCUT2D eigenvalue weighted by molar-refractivity contribution is -0.128. The van der Waals surface area contributed by atoms with Crippen molar-refractivity contribution < 1.29 is 18.4 Å². The average molecular weight is 381 g/mol. The second kappa shape index (κ2) is 7.80. The monoisotopic (exact) mass is 381 g/mol. The standard InChI is InChI=1S/C21H20FN3O3/c1-2-27-16-7-5-6-14(10-16)12-25-13-15(11-19(25)26)20-23-21(28-24-20)17-8-3-4-9-18(17)22/h3-10,15H,2,11-13H2,1H3. The first kappa shape index (κ1) is 18.2. The van der Waals surface area contributed by atoms with Gasteiger partial charge in [0.05, 0.1) is 12.2 Å². The predicted octanol–water partition coefficient (Wildman–Crippen LogP) is 3.79. The molecule has 0 radical (unpaired) electrons. The molecule has 1 unspecified atom stereocenters. The van der Waals surface area contributed by atoms with Gasteiger partial charge in [-0.15, -0.1) is 0 Å². The third-order valence-corrected chi connectivity index (χ3v) is 4.71. The summed E-state index contributed by atoms with van der Waals surface area (Å²) in [4.78, 5) is 18.5. The molecule has 1 saturated heterocycles. The zero-order valence-corrected chi connectivity index (χ0v) is 15.5. The summed E-state index contributed by atoms with van der Waals surface area (Å²) in [6, 6.07) is 14.0. The fourth-order valence-electron chi connectivity index (χ4n) is 3.36. The van der Waals surface area contributed by atoms with Crippen molar-refractivity contribution in [3.05, 3.63) is 65.7 Å². The SMILES string of the molecule is CCOc1cccc(CN2CC(c3noc(-c4ccccc4F)n3)CC2=O)c1. The number of nitrogens with zero attached hydrogens (tertiary/aromatic N) is 3. The molecular weight excluding hydrogens is 361 g/mol. The molecule has 2 aromatic carbocycles. The maximum absolute atomic E-state index is 13.9. The van der Waals surface area contributed by atoms with E-state index in [1.54, 1.807) is 23.1 Å². The Kier molecular flexibility index (Phi) is 5.06. The third kappa shape index (κ3) is 3.74. The normalized spacial score (nSPS) is 16.6. The van der Waals surface area contributed by atoms with E-state index in [0.717, 1.165) is 11.3 Å². The van der Waals surface area contributed by atoms with Crippen molar-refractivity contribution in [2.75, 3.05) is 13.2 Å². The zero-order valence-electron chi connectivity index (χ0n) is 15.5. The van der Waals surface area contributed by atoms with Crippen LogP contribution < -0.4 is 4.74 Å². The molecule has 28 heavy (non-hydrogen) atoms. The lowest BCUT2D eigenvalue weighted by atomic mass is 10.1. The minimum absolute atomic E-state index is 0.0315. The van der Waals surface area contributed by atoms with Gasteiger partial charge in [0.1, 0.15) is 11.6 Å². The van der Waals surface area contributed by atoms with Gasteiger partial charge >= 0.3 is 0 Å². The number of hydrogen-bond acceptors (Lipinski definition) is 5. The number of carbonyl (C=O) groups is 1. The Morgan fingerprint density at radius 1 is 1.25 bits per heavy atom. The van der Waals surface area contributed by atoms with Crippen LogP contribution in [0.4, 0.5) is 4.39 Å². The fraction of sp³-hybridized carbons (Fsp3) is 0.286. The van der Waals surface area contributed by atoms with Crippen LogP contribution in [0, 0.1) is 5.82 Å². The Morgan fingerprint density at radius 2 is 2.11 bits per heavy atom. The van der Waals surface area contributed by atoms with Crippen LogP contribution in [0.3, 0.4) is 0 Å². The smallest absolute Gasteiger partial charge is 0.260 e. The van der Waals surface area contributed by atoms with Crippen molar-refractivity contribution in [1.29, 1.82) is 0 Å². The van der Waals surface area contributed by atoms with Crippen LogP contribution in [0.1, 0.15) is 30.7 Å². The number of likely N-dealkylation sites (tertiary alicyclic amines) is 1. The number of rotatable bonds is 6. The molecule has 0 saturated carbocycles. The average Bonchev–Trinajstić information content (AvgIpc) is 3.30. The van der Waals surface area contributed by atoms with Gasteiger partial charge in [0.2, 0.25) is 5.91 Å². The van der Waals surface area contributed by atoms with E-state index in [2.05, 4.69) is 10.1 Å². The quantitative estimate of drug-likeness (QED) is 0.650. The van der Waals surface area contributed by atoms with Gasteiger partial charge in [-0.1, -0.05) is 29.4 Å². The van der Waals surface area contributed by atoms with Gasteiger partial charge < -0.3 is 14.2 Å². The molecule has 3 aromatic rings. The molecule has 144 valence electrons. The van der Waals surface area contributed by atoms with Gasteiger partial charge in [-0.2, -0.15) is 4.98 Å². The molecule has 0 bridgehead atoms. The lowest BCUT2D eigenvalue weighted by Crippen LogP contribution is -2.24. The van der Waals surface area contributed by atoms with Crippen molar-refractivity contribution >= 4 is 5.91 Å². The molecule has 1 atom stereocenters. The van der Waals surface area contributed by atoms with Crippen molar-refractivity contribution in [3.8, 4) is 17.2 Å². The molecule has 6 nitrogen and oxygen atoms in total. The summed E-state index contributed by atoms with van der Waals surface area (Å²) in [5, 5.41) is 3.98. The Bertz CT molecular complexity index is 988. The summed E-state index contributed by atoms with van der Waals surface area (Å²) >= 11 is 0. The van der Waals surface area contributed by atoms with Gasteiger partial charge in [0, 0.05) is 25.4 Å². The van der Waals surface area contributed by atoms with Crippen LogP contribution in [-0.4, -0.2) is 34.1 Å². The summed E-state index contributed by atoms with van der Waals surface area (Å²) in [7, 11) is 0. The van der Waals surface area contributed by atoms with E-state index < -0.39 is 5.82 Å². The first-order valence-electron chi connectivity index (χ1n) is 9.22. The summed E-state index contributed by atoms with van der Waals surface area (Å²) < 4.78 is 24.7. The summed E-state index contributed by atoms with van der Waals surface area (Å²) in [6.45, 7) is 3.51. The second-order valence-electron chi connectivity index (χ2n) is 6.69. The van der Waals surface area contributed by atoms with Gasteiger partial charge in [-0.05, 0) is 36.8 Å². The van der Waals surface area contributed by atoms with Gasteiger partial charge in [0.15, 0.2) is 5.82 Å². The minimum atomic E-state index is -0.420. The van der Waals surface area contributed by atoms with Crippen LogP contribution in [0.15, 0.2) is 53.1 Å². The Hall–Kier alpha value is -3.22. The van der Waals surface area contributed by atoms with Crippen LogP contribution >= 0.6 is 0 Å². The van der Waals surface area contributed by atoms with Crippen molar-refractivity contribution in [2.24, 2.45) is 0 Å². The molecule has 1 aliphatic rings. The number of halogens is 1. The zero-order chi connectivity index (χ0) is 19.5. The molecule has 1 aromatic heterocycles. The predicted molar refractivity (Wildman–Crippen MR) is 100 cm³/mol. The molecule has 4 rings (SSSR count). The van der Waals surface area contributed by atoms with Crippen LogP contribution in [0.25, 0.3) is 11.5 Å². The van der Waals surface area contributed by atoms with Crippen molar-refractivity contribution in [3.63, 3.8) is 0 Å². The lowest BCUT2D eigenvalue weighted by Gasteiger charge is -2.16. The highest BCUT2D eigenvalue weighted by molar-refractivity contribution is 5.79. The second-order valence-corrected chi connectivity index (χ2v) is 6.69. The molecule has 1 aliphatic heterocycles. The summed E-state index contributed by atoms with van der Waals surface area (Å²) in [5.74, 6) is 0.781. The Morgan fingerprint density at radius 3 is 2.93 bits per heavy atom. The van der Waals surface area contributed by atoms with E-state index in [0.29, 0.717) is 31.9 Å². The fourth-order valence-corrected chi connectivity index (χ4v) is 3.36. The number of aromatic nitrogens is 2. The van der Waals surface area contributed by atoms with E-state index in [1.807, 2.05) is 31.2 Å². The van der Waals surface area contributed by atoms with E-state index in [4.69, 9.17) is 9.26 Å². The molecule has 1 fully saturated rings. The number of benzene rings is 2. The molecular formula is C21H20FN3O3. The molecule has 0 N–H and O–H groups in total. The number of ether oxygens (including phenoxy) is 1. The minimum Gasteiger partial charge on any atom is -0.494 e. The maximum Gasteiger partial charge on any atom is 0.260 e. The molecule has 2 heterocycles. The number of hydrogen-bond donors (Lipinski definition) is 0. The van der Waals surface area contributed by atoms with E-state index in [-0.39, 0.29) is 23.3 Å². The third-order valence-electron chi connectivity index (χ3n) is 4.71.